The van der Waals surface area contributed by atoms with Crippen molar-refractivity contribution < 1.29 is 33.5 Å². The number of nitrogens with one attached hydrogen (secondary N) is 8. The average Bonchev–Trinajstić information content (AvgIpc) is 3.81. The maximum Gasteiger partial charge on any atom is 0.323 e. The number of amides is 1. The SMILES string of the molecule is CC1(C)CC(Cc2nc(Nc3ccc(P(=O)([O-])[O-])cc3)nc(Nc3ccc4[nH]c(=O)[nH]c4c3)n2)CC(C)(CNc2nc(Nc3ccc(P(=O)([O-])[O-])cc3)nc(Nc3ccc4c(c3)CC(=O)N4)n2)C1. The number of aromatic amines is 2. The van der Waals surface area contributed by atoms with Crippen LogP contribution in [0.15, 0.2) is 89.7 Å². The highest BCUT2D eigenvalue weighted by Crippen LogP contribution is 2.49. The van der Waals surface area contributed by atoms with Gasteiger partial charge in [-0.3, -0.25) is 4.79 Å². The molecule has 3 aromatic heterocycles. The van der Waals surface area contributed by atoms with Crippen molar-refractivity contribution >= 4 is 101 Å². The Kier molecular flexibility index (Phi) is 12.1. The third-order valence-electron chi connectivity index (χ3n) is 11.6. The van der Waals surface area contributed by atoms with E-state index in [4.69, 9.17) is 15.0 Å². The number of H-pyrrole nitrogens is 2. The summed E-state index contributed by atoms with van der Waals surface area (Å²) in [7, 11) is -9.91. The molecule has 8 N–H and O–H groups in total. The number of carbonyl (C=O) groups is 1. The Morgan fingerprint density at radius 2 is 1.12 bits per heavy atom. The molecule has 0 spiro atoms. The van der Waals surface area contributed by atoms with Gasteiger partial charge in [0.25, 0.3) is 0 Å². The number of carbonyl (C=O) groups excluding carboxylic acids is 1. The summed E-state index contributed by atoms with van der Waals surface area (Å²) in [6, 6.07) is 21.3. The molecular formula is C44H44N14O8P2-4. The molecule has 68 heavy (non-hydrogen) atoms. The average molecular weight is 959 g/mol. The first-order valence-electron chi connectivity index (χ1n) is 21.4. The first kappa shape index (κ1) is 46.1. The number of rotatable bonds is 15. The summed E-state index contributed by atoms with van der Waals surface area (Å²) < 4.78 is 23.2. The highest BCUT2D eigenvalue weighted by atomic mass is 31.2. The van der Waals surface area contributed by atoms with Crippen LogP contribution in [0.1, 0.15) is 51.4 Å². The molecule has 1 amide bonds. The molecule has 352 valence electrons. The molecule has 1 fully saturated rings. The molecule has 1 aliphatic heterocycles. The predicted molar refractivity (Wildman–Crippen MR) is 249 cm³/mol. The van der Waals surface area contributed by atoms with Crippen LogP contribution in [0.2, 0.25) is 0 Å². The molecule has 22 nitrogen and oxygen atoms in total. The largest absolute Gasteiger partial charge is 0.807 e. The second-order valence-electron chi connectivity index (χ2n) is 18.2. The topological polar surface area (TPSA) is 342 Å². The Labute approximate surface area is 388 Å². The molecule has 0 bridgehead atoms. The Hall–Kier alpha value is -7.06. The van der Waals surface area contributed by atoms with E-state index < -0.39 is 15.2 Å². The van der Waals surface area contributed by atoms with Crippen molar-refractivity contribution in [2.45, 2.75) is 52.9 Å². The van der Waals surface area contributed by atoms with Gasteiger partial charge < -0.3 is 70.6 Å². The van der Waals surface area contributed by atoms with Crippen molar-refractivity contribution in [3.8, 4) is 0 Å². The van der Waals surface area contributed by atoms with Gasteiger partial charge in [-0.25, -0.2) is 4.79 Å². The number of fused-ring (bicyclic) bond motifs is 2. The number of hydrogen-bond acceptors (Lipinski definition) is 19. The Balaban J connectivity index is 0.962. The van der Waals surface area contributed by atoms with E-state index in [-0.39, 0.29) is 75.1 Å². The van der Waals surface area contributed by atoms with E-state index in [9.17, 15) is 38.3 Å². The van der Waals surface area contributed by atoms with E-state index in [1.165, 1.54) is 48.5 Å². The monoisotopic (exact) mass is 958 g/mol. The molecule has 1 saturated carbocycles. The van der Waals surface area contributed by atoms with E-state index in [0.29, 0.717) is 52.6 Å². The fraction of sp³-hybridized carbons (Fsp3) is 0.273. The zero-order chi connectivity index (χ0) is 48.0. The van der Waals surface area contributed by atoms with Gasteiger partial charge in [-0.05, 0) is 128 Å². The van der Waals surface area contributed by atoms with Gasteiger partial charge in [0.2, 0.25) is 35.6 Å². The molecule has 1 aliphatic carbocycles. The van der Waals surface area contributed by atoms with E-state index in [1.54, 1.807) is 30.3 Å². The number of benzene rings is 4. The zero-order valence-electron chi connectivity index (χ0n) is 36.7. The van der Waals surface area contributed by atoms with Gasteiger partial charge >= 0.3 is 5.69 Å². The van der Waals surface area contributed by atoms with E-state index in [0.717, 1.165) is 30.5 Å². The summed E-state index contributed by atoms with van der Waals surface area (Å²) in [6.07, 6.45) is 3.15. The van der Waals surface area contributed by atoms with E-state index >= 15 is 0 Å². The summed E-state index contributed by atoms with van der Waals surface area (Å²) in [4.78, 5) is 104. The standard InChI is InChI=1S/C44H48N14O8P2/c1-43(2)20-24(16-35-53-38(46-26-4-10-30(11-5-26)67(61,62)63)57-39(54-35)49-29-9-15-33-34(19-29)52-42(60)51-33)21-44(3,22-43)23-45-37-55-40(47-27-6-12-31(13-7-27)68(64,65)66)58-41(56-37)48-28-8-14-32-25(17-28)18-36(59)50-32/h4-15,17,19,24H,16,18,20-23H2,1-3H3,(H,50,59)(H2,51,52,60)(H2,61,62,63)(H2,64,65,66)(H2,46,49,53,54,57)(H3,45,47,48,55,56,58)/p-4. The van der Waals surface area contributed by atoms with Crippen molar-refractivity contribution in [1.29, 1.82) is 0 Å². The summed E-state index contributed by atoms with van der Waals surface area (Å²) in [5.41, 5.74) is 4.10. The lowest BCUT2D eigenvalue weighted by molar-refractivity contribution is -0.309. The highest BCUT2D eigenvalue weighted by molar-refractivity contribution is 7.57. The summed E-state index contributed by atoms with van der Waals surface area (Å²) in [5.74, 6) is 1.43. The molecular weight excluding hydrogens is 915 g/mol. The number of imidazole rings is 1. The third-order valence-corrected chi connectivity index (χ3v) is 13.5. The van der Waals surface area contributed by atoms with Gasteiger partial charge in [0.05, 0.1) is 17.5 Å². The number of nitrogens with zero attached hydrogens (tertiary/aromatic N) is 6. The maximum absolute atomic E-state index is 12.0. The molecule has 9 rings (SSSR count). The lowest BCUT2D eigenvalue weighted by Crippen LogP contribution is -2.41. The number of hydrogen-bond donors (Lipinski definition) is 8. The Morgan fingerprint density at radius 1 is 0.618 bits per heavy atom. The van der Waals surface area contributed by atoms with Gasteiger partial charge in [-0.15, -0.1) is 0 Å². The predicted octanol–water partition coefficient (Wildman–Crippen LogP) is 3.26. The normalized spacial score (nSPS) is 17.9. The quantitative estimate of drug-likeness (QED) is 0.0684. The van der Waals surface area contributed by atoms with Crippen molar-refractivity contribution in [2.75, 3.05) is 38.4 Å². The lowest BCUT2D eigenvalue weighted by Gasteiger charge is -2.46. The third kappa shape index (κ3) is 11.2. The first-order chi connectivity index (χ1) is 32.2. The first-order valence-corrected chi connectivity index (χ1v) is 24.5. The fourth-order valence-electron chi connectivity index (χ4n) is 9.26. The second kappa shape index (κ2) is 17.9. The second-order valence-corrected chi connectivity index (χ2v) is 21.2. The van der Waals surface area contributed by atoms with Crippen LogP contribution in [-0.4, -0.2) is 52.3 Å². The minimum Gasteiger partial charge on any atom is -0.807 e. The van der Waals surface area contributed by atoms with Crippen molar-refractivity contribution in [3.05, 3.63) is 107 Å². The summed E-state index contributed by atoms with van der Waals surface area (Å²) in [6.45, 7) is 7.08. The zero-order valence-corrected chi connectivity index (χ0v) is 38.5. The molecule has 2 aliphatic rings. The van der Waals surface area contributed by atoms with Crippen LogP contribution in [0.25, 0.3) is 11.0 Å². The maximum atomic E-state index is 12.0. The Bertz CT molecular complexity index is 3210. The van der Waals surface area contributed by atoms with Gasteiger partial charge in [-0.2, -0.15) is 29.9 Å². The molecule has 4 heterocycles. The highest BCUT2D eigenvalue weighted by Gasteiger charge is 2.41. The molecule has 2 unspecified atom stereocenters. The Morgan fingerprint density at radius 3 is 1.71 bits per heavy atom. The van der Waals surface area contributed by atoms with E-state index in [2.05, 4.69) is 77.6 Å². The molecule has 2 atom stereocenters. The number of anilines is 10. The minimum absolute atomic E-state index is 0.0907. The van der Waals surface area contributed by atoms with Crippen LogP contribution in [0, 0.1) is 16.7 Å². The van der Waals surface area contributed by atoms with Gasteiger partial charge in [0.1, 0.15) is 5.82 Å². The van der Waals surface area contributed by atoms with Crippen molar-refractivity contribution in [2.24, 2.45) is 16.7 Å². The summed E-state index contributed by atoms with van der Waals surface area (Å²) >= 11 is 0. The molecule has 24 heteroatoms. The fourth-order valence-corrected chi connectivity index (χ4v) is 10.3. The number of aromatic nitrogens is 8. The van der Waals surface area contributed by atoms with Crippen LogP contribution in [0.3, 0.4) is 0 Å². The molecule has 7 aromatic rings. The van der Waals surface area contributed by atoms with Crippen molar-refractivity contribution in [3.63, 3.8) is 0 Å². The smallest absolute Gasteiger partial charge is 0.323 e. The van der Waals surface area contributed by atoms with Crippen LogP contribution in [0.5, 0.6) is 0 Å². The van der Waals surface area contributed by atoms with Gasteiger partial charge in [-0.1, -0.05) is 45.0 Å². The van der Waals surface area contributed by atoms with Gasteiger partial charge in [0.15, 0.2) is 0 Å². The van der Waals surface area contributed by atoms with Crippen LogP contribution >= 0.6 is 15.2 Å². The molecule has 4 aromatic carbocycles. The van der Waals surface area contributed by atoms with Crippen molar-refractivity contribution in [1.82, 2.24) is 39.9 Å². The molecule has 0 radical (unpaired) electrons. The van der Waals surface area contributed by atoms with Gasteiger partial charge in [0, 0.05) is 41.4 Å². The van der Waals surface area contributed by atoms with E-state index in [1.807, 2.05) is 6.07 Å². The minimum atomic E-state index is -4.95. The van der Waals surface area contributed by atoms with Crippen LogP contribution in [-0.2, 0) is 26.8 Å². The van der Waals surface area contributed by atoms with Crippen LogP contribution in [0.4, 0.5) is 58.2 Å². The summed E-state index contributed by atoms with van der Waals surface area (Å²) in [5, 5.41) is 18.2. The lowest BCUT2D eigenvalue weighted by atomic mass is 9.60. The van der Waals surface area contributed by atoms with Crippen LogP contribution < -0.4 is 67.8 Å². The molecule has 0 saturated heterocycles.